The fourth-order valence-electron chi connectivity index (χ4n) is 2.87. The van der Waals surface area contributed by atoms with Crippen molar-refractivity contribution in [3.05, 3.63) is 35.4 Å². The molecule has 0 amide bonds. The largest absolute Gasteiger partial charge is 0.312 e. The summed E-state index contributed by atoms with van der Waals surface area (Å²) in [5, 5.41) is 3.60. The third-order valence-electron chi connectivity index (χ3n) is 3.75. The first-order chi connectivity index (χ1) is 8.19. The number of rotatable bonds is 3. The molecule has 2 nitrogen and oxygen atoms in total. The summed E-state index contributed by atoms with van der Waals surface area (Å²) in [7, 11) is 1.24. The van der Waals surface area contributed by atoms with Crippen LogP contribution in [0.25, 0.3) is 0 Å². The van der Waals surface area contributed by atoms with Gasteiger partial charge in [0.15, 0.2) is 0 Å². The van der Waals surface area contributed by atoms with E-state index in [2.05, 4.69) is 36.5 Å². The van der Waals surface area contributed by atoms with Gasteiger partial charge in [0, 0.05) is 22.6 Å². The lowest BCUT2D eigenvalue weighted by Crippen LogP contribution is -2.38. The Kier molecular flexibility index (Phi) is 4.00. The Labute approximate surface area is 106 Å². The second-order valence-electron chi connectivity index (χ2n) is 4.74. The molecule has 2 rings (SSSR count). The van der Waals surface area contributed by atoms with Crippen LogP contribution in [-0.2, 0) is 10.8 Å². The van der Waals surface area contributed by atoms with Crippen molar-refractivity contribution >= 4 is 10.8 Å². The highest BCUT2D eigenvalue weighted by molar-refractivity contribution is 7.85. The van der Waals surface area contributed by atoms with E-state index in [1.165, 1.54) is 11.1 Å². The maximum Gasteiger partial charge on any atom is 0.0548 e. The third-order valence-corrected chi connectivity index (χ3v) is 5.46. The molecule has 1 N–H and O–H groups in total. The van der Waals surface area contributed by atoms with Crippen LogP contribution in [-0.4, -0.2) is 22.3 Å². The zero-order valence-corrected chi connectivity index (χ0v) is 11.6. The Bertz CT molecular complexity index is 418. The molecule has 0 aromatic heterocycles. The summed E-state index contributed by atoms with van der Waals surface area (Å²) >= 11 is 0. The molecule has 0 aliphatic heterocycles. The molecule has 0 saturated heterocycles. The summed E-state index contributed by atoms with van der Waals surface area (Å²) in [6.07, 6.45) is 1.02. The highest BCUT2D eigenvalue weighted by atomic mass is 32.2. The first kappa shape index (κ1) is 12.8. The predicted octanol–water partition coefficient (Wildman–Crippen LogP) is 2.59. The van der Waals surface area contributed by atoms with Crippen molar-refractivity contribution in [3.63, 3.8) is 0 Å². The SMILES string of the molecule is CCS(=O)C1CC(C)c2ccccc2C1NC. The highest BCUT2D eigenvalue weighted by Gasteiger charge is 2.34. The van der Waals surface area contributed by atoms with Crippen LogP contribution in [0.4, 0.5) is 0 Å². The van der Waals surface area contributed by atoms with Crippen LogP contribution in [0.2, 0.25) is 0 Å². The summed E-state index contributed by atoms with van der Waals surface area (Å²) < 4.78 is 12.2. The minimum atomic E-state index is -0.734. The smallest absolute Gasteiger partial charge is 0.0548 e. The molecular weight excluding hydrogens is 230 g/mol. The lowest BCUT2D eigenvalue weighted by molar-refractivity contribution is 0.463. The summed E-state index contributed by atoms with van der Waals surface area (Å²) in [5.41, 5.74) is 2.75. The van der Waals surface area contributed by atoms with Crippen molar-refractivity contribution < 1.29 is 4.21 Å². The molecule has 1 aliphatic rings. The van der Waals surface area contributed by atoms with Gasteiger partial charge in [-0.25, -0.2) is 0 Å². The summed E-state index contributed by atoms with van der Waals surface area (Å²) in [6.45, 7) is 4.25. The molecule has 1 aromatic carbocycles. The predicted molar refractivity (Wildman–Crippen MR) is 73.7 cm³/mol. The van der Waals surface area contributed by atoms with Crippen molar-refractivity contribution in [2.75, 3.05) is 12.8 Å². The molecule has 0 fully saturated rings. The number of hydrogen-bond donors (Lipinski definition) is 1. The van der Waals surface area contributed by atoms with E-state index in [0.29, 0.717) is 5.92 Å². The van der Waals surface area contributed by atoms with Crippen LogP contribution in [0.5, 0.6) is 0 Å². The molecule has 94 valence electrons. The molecule has 0 saturated carbocycles. The van der Waals surface area contributed by atoms with Gasteiger partial charge in [0.2, 0.25) is 0 Å². The van der Waals surface area contributed by atoms with Gasteiger partial charge >= 0.3 is 0 Å². The van der Waals surface area contributed by atoms with E-state index in [-0.39, 0.29) is 11.3 Å². The standard InChI is InChI=1S/C14H21NOS/c1-4-17(16)13-9-10(2)11-7-5-6-8-12(11)14(13)15-3/h5-8,10,13-15H,4,9H2,1-3H3. The summed E-state index contributed by atoms with van der Waals surface area (Å²) in [4.78, 5) is 0. The summed E-state index contributed by atoms with van der Waals surface area (Å²) in [5.74, 6) is 1.26. The lowest BCUT2D eigenvalue weighted by atomic mass is 9.81. The highest BCUT2D eigenvalue weighted by Crippen LogP contribution is 2.39. The Morgan fingerprint density at radius 1 is 1.35 bits per heavy atom. The number of hydrogen-bond acceptors (Lipinski definition) is 2. The fraction of sp³-hybridized carbons (Fsp3) is 0.571. The molecule has 0 spiro atoms. The Morgan fingerprint density at radius 3 is 2.59 bits per heavy atom. The minimum Gasteiger partial charge on any atom is -0.312 e. The third kappa shape index (κ3) is 2.31. The molecule has 1 aliphatic carbocycles. The fourth-order valence-corrected chi connectivity index (χ4v) is 4.39. The second kappa shape index (κ2) is 5.32. The first-order valence-electron chi connectivity index (χ1n) is 6.32. The van der Waals surface area contributed by atoms with E-state index >= 15 is 0 Å². The van der Waals surface area contributed by atoms with Gasteiger partial charge in [-0.3, -0.25) is 4.21 Å². The quantitative estimate of drug-likeness (QED) is 0.894. The van der Waals surface area contributed by atoms with Crippen LogP contribution in [0.1, 0.15) is 43.4 Å². The maximum atomic E-state index is 12.2. The van der Waals surface area contributed by atoms with Gasteiger partial charge in [-0.1, -0.05) is 38.1 Å². The van der Waals surface area contributed by atoms with E-state index in [0.717, 1.165) is 12.2 Å². The van der Waals surface area contributed by atoms with E-state index in [9.17, 15) is 4.21 Å². The van der Waals surface area contributed by atoms with Gasteiger partial charge in [-0.15, -0.1) is 0 Å². The molecule has 0 heterocycles. The molecule has 4 unspecified atom stereocenters. The van der Waals surface area contributed by atoms with E-state index in [1.54, 1.807) is 0 Å². The van der Waals surface area contributed by atoms with E-state index < -0.39 is 10.8 Å². The van der Waals surface area contributed by atoms with Crippen LogP contribution >= 0.6 is 0 Å². The first-order valence-corrected chi connectivity index (χ1v) is 7.70. The molecule has 3 heteroatoms. The molecule has 4 atom stereocenters. The Morgan fingerprint density at radius 2 is 2.00 bits per heavy atom. The van der Waals surface area contributed by atoms with Crippen LogP contribution < -0.4 is 5.32 Å². The van der Waals surface area contributed by atoms with Crippen molar-refractivity contribution in [2.45, 2.75) is 37.5 Å². The molecule has 17 heavy (non-hydrogen) atoms. The number of benzene rings is 1. The van der Waals surface area contributed by atoms with Gasteiger partial charge in [0.1, 0.15) is 0 Å². The Hall–Kier alpha value is -0.670. The van der Waals surface area contributed by atoms with Crippen LogP contribution in [0.3, 0.4) is 0 Å². The van der Waals surface area contributed by atoms with Gasteiger partial charge in [0.25, 0.3) is 0 Å². The molecule has 0 bridgehead atoms. The molecule has 0 radical (unpaired) electrons. The van der Waals surface area contributed by atoms with Crippen molar-refractivity contribution in [3.8, 4) is 0 Å². The lowest BCUT2D eigenvalue weighted by Gasteiger charge is -2.36. The topological polar surface area (TPSA) is 29.1 Å². The van der Waals surface area contributed by atoms with Crippen molar-refractivity contribution in [1.82, 2.24) is 5.32 Å². The number of nitrogens with one attached hydrogen (secondary N) is 1. The van der Waals surface area contributed by atoms with Crippen molar-refractivity contribution in [1.29, 1.82) is 0 Å². The van der Waals surface area contributed by atoms with E-state index in [1.807, 2.05) is 14.0 Å². The van der Waals surface area contributed by atoms with Crippen LogP contribution in [0.15, 0.2) is 24.3 Å². The normalized spacial score (nSPS) is 29.7. The molecule has 1 aromatic rings. The van der Waals surface area contributed by atoms with Gasteiger partial charge < -0.3 is 5.32 Å². The van der Waals surface area contributed by atoms with E-state index in [4.69, 9.17) is 0 Å². The average molecular weight is 251 g/mol. The average Bonchev–Trinajstić information content (AvgIpc) is 2.38. The zero-order valence-electron chi connectivity index (χ0n) is 10.8. The zero-order chi connectivity index (χ0) is 12.4. The number of fused-ring (bicyclic) bond motifs is 1. The van der Waals surface area contributed by atoms with Gasteiger partial charge in [-0.2, -0.15) is 0 Å². The minimum absolute atomic E-state index is 0.239. The van der Waals surface area contributed by atoms with Gasteiger partial charge in [-0.05, 0) is 30.5 Å². The molecular formula is C14H21NOS. The van der Waals surface area contributed by atoms with Gasteiger partial charge in [0.05, 0.1) is 5.25 Å². The monoisotopic (exact) mass is 251 g/mol. The van der Waals surface area contributed by atoms with Crippen molar-refractivity contribution in [2.24, 2.45) is 0 Å². The summed E-state index contributed by atoms with van der Waals surface area (Å²) in [6, 6.07) is 8.79. The maximum absolute atomic E-state index is 12.2. The van der Waals surface area contributed by atoms with Crippen LogP contribution in [0, 0.1) is 0 Å². The second-order valence-corrected chi connectivity index (χ2v) is 6.68. The Balaban J connectivity index is 2.41.